The molecule has 0 aliphatic rings. The van der Waals surface area contributed by atoms with Crippen molar-refractivity contribution in [2.45, 2.75) is 12.5 Å². The van der Waals surface area contributed by atoms with Gasteiger partial charge in [0.1, 0.15) is 5.54 Å². The Morgan fingerprint density at radius 3 is 1.67 bits per heavy atom. The lowest BCUT2D eigenvalue weighted by molar-refractivity contribution is -0.131. The molecule has 0 radical (unpaired) electrons. The molecule has 0 fully saturated rings. The Hall–Kier alpha value is -3.92. The minimum absolute atomic E-state index is 0.629. The minimum atomic E-state index is -0.996. The molecule has 0 unspecified atom stereocenters. The molecule has 0 aliphatic heterocycles. The predicted octanol–water partition coefficient (Wildman–Crippen LogP) is 5.13. The largest absolute Gasteiger partial charge is 0.478 e. The average Bonchev–Trinajstić information content (AvgIpc) is 3.16. The summed E-state index contributed by atoms with van der Waals surface area (Å²) in [6.45, 7) is 1.97. The summed E-state index contributed by atoms with van der Waals surface area (Å²) in [7, 11) is 0. The molecule has 3 aromatic carbocycles. The van der Waals surface area contributed by atoms with Crippen LogP contribution < -0.4 is 0 Å². The normalized spacial score (nSPS) is 11.6. The van der Waals surface area contributed by atoms with Gasteiger partial charge in [0.2, 0.25) is 0 Å². The number of benzene rings is 3. The number of imidazole rings is 1. The fourth-order valence-electron chi connectivity index (χ4n) is 4.03. The lowest BCUT2D eigenvalue weighted by Crippen LogP contribution is -2.38. The summed E-state index contributed by atoms with van der Waals surface area (Å²) in [4.78, 5) is 15.6. The molecule has 0 aliphatic carbocycles. The van der Waals surface area contributed by atoms with Gasteiger partial charge in [0.05, 0.1) is 12.0 Å². The molecule has 148 valence electrons. The number of aliphatic carboxylic acids is 1. The van der Waals surface area contributed by atoms with E-state index < -0.39 is 11.5 Å². The van der Waals surface area contributed by atoms with Crippen LogP contribution in [0.15, 0.2) is 103 Å². The maximum absolute atomic E-state index is 11.0. The molecule has 1 N–H and O–H groups in total. The monoisotopic (exact) mass is 394 g/mol. The SMILES string of the molecule is Cc1c(/C=C/C(=O)O)ncn1C(c1ccccc1)(c1ccccc1)c1ccccc1. The van der Waals surface area contributed by atoms with E-state index in [0.717, 1.165) is 28.5 Å². The molecule has 0 saturated heterocycles. The van der Waals surface area contributed by atoms with Crippen LogP contribution in [0.3, 0.4) is 0 Å². The number of carbonyl (C=O) groups is 1. The summed E-state index contributed by atoms with van der Waals surface area (Å²) in [5.41, 5.74) is 4.13. The Kier molecular flexibility index (Phi) is 5.31. The van der Waals surface area contributed by atoms with Crippen molar-refractivity contribution in [2.75, 3.05) is 0 Å². The van der Waals surface area contributed by atoms with E-state index in [-0.39, 0.29) is 0 Å². The number of aromatic nitrogens is 2. The zero-order valence-electron chi connectivity index (χ0n) is 16.6. The molecule has 0 saturated carbocycles. The van der Waals surface area contributed by atoms with Crippen molar-refractivity contribution in [1.29, 1.82) is 0 Å². The van der Waals surface area contributed by atoms with E-state index in [2.05, 4.69) is 45.9 Å². The van der Waals surface area contributed by atoms with Gasteiger partial charge in [-0.3, -0.25) is 0 Å². The van der Waals surface area contributed by atoms with Crippen molar-refractivity contribution in [3.63, 3.8) is 0 Å². The van der Waals surface area contributed by atoms with Crippen molar-refractivity contribution < 1.29 is 9.90 Å². The Morgan fingerprint density at radius 2 is 1.27 bits per heavy atom. The molecule has 0 bridgehead atoms. The van der Waals surface area contributed by atoms with Gasteiger partial charge in [-0.15, -0.1) is 0 Å². The highest BCUT2D eigenvalue weighted by atomic mass is 16.4. The number of hydrogen-bond donors (Lipinski definition) is 1. The van der Waals surface area contributed by atoms with Crippen LogP contribution in [0.2, 0.25) is 0 Å². The predicted molar refractivity (Wildman–Crippen MR) is 118 cm³/mol. The van der Waals surface area contributed by atoms with Crippen LogP contribution in [0.5, 0.6) is 0 Å². The van der Waals surface area contributed by atoms with E-state index in [0.29, 0.717) is 5.69 Å². The van der Waals surface area contributed by atoms with Crippen LogP contribution in [-0.4, -0.2) is 20.6 Å². The molecule has 0 amide bonds. The standard InChI is InChI=1S/C26H22N2O2/c1-20-24(17-18-25(29)30)27-19-28(20)26(21-11-5-2-6-12-21,22-13-7-3-8-14-22)23-15-9-4-10-16-23/h2-19H,1H3,(H,29,30)/b18-17+. The first-order valence-electron chi connectivity index (χ1n) is 9.76. The summed E-state index contributed by atoms with van der Waals surface area (Å²) in [6.07, 6.45) is 4.46. The summed E-state index contributed by atoms with van der Waals surface area (Å²) < 4.78 is 2.13. The quantitative estimate of drug-likeness (QED) is 0.364. The van der Waals surface area contributed by atoms with E-state index in [4.69, 9.17) is 5.11 Å². The van der Waals surface area contributed by atoms with E-state index >= 15 is 0 Å². The second kappa shape index (κ2) is 8.21. The van der Waals surface area contributed by atoms with Gasteiger partial charge in [-0.2, -0.15) is 0 Å². The van der Waals surface area contributed by atoms with Gasteiger partial charge < -0.3 is 9.67 Å². The number of hydrogen-bond acceptors (Lipinski definition) is 2. The van der Waals surface area contributed by atoms with Crippen LogP contribution in [0.1, 0.15) is 28.1 Å². The third-order valence-electron chi connectivity index (χ3n) is 5.36. The molecule has 30 heavy (non-hydrogen) atoms. The van der Waals surface area contributed by atoms with Crippen LogP contribution in [0.4, 0.5) is 0 Å². The van der Waals surface area contributed by atoms with Crippen molar-refractivity contribution in [2.24, 2.45) is 0 Å². The van der Waals surface area contributed by atoms with Gasteiger partial charge in [-0.05, 0) is 29.7 Å². The molecule has 0 atom stereocenters. The number of carboxylic acid groups (broad SMARTS) is 1. The van der Waals surface area contributed by atoms with Gasteiger partial charge in [0.15, 0.2) is 0 Å². The topological polar surface area (TPSA) is 55.1 Å². The fraction of sp³-hybridized carbons (Fsp3) is 0.0769. The van der Waals surface area contributed by atoms with Crippen molar-refractivity contribution in [1.82, 2.24) is 9.55 Å². The van der Waals surface area contributed by atoms with E-state index in [1.807, 2.05) is 61.5 Å². The average molecular weight is 394 g/mol. The zero-order valence-corrected chi connectivity index (χ0v) is 16.6. The van der Waals surface area contributed by atoms with Gasteiger partial charge >= 0.3 is 5.97 Å². The van der Waals surface area contributed by atoms with Crippen molar-refractivity contribution >= 4 is 12.0 Å². The third kappa shape index (κ3) is 3.33. The Morgan fingerprint density at radius 1 is 0.833 bits per heavy atom. The van der Waals surface area contributed by atoms with E-state index in [9.17, 15) is 4.79 Å². The van der Waals surface area contributed by atoms with E-state index in [1.54, 1.807) is 12.4 Å². The Balaban J connectivity index is 2.08. The van der Waals surface area contributed by atoms with E-state index in [1.165, 1.54) is 0 Å². The fourth-order valence-corrected chi connectivity index (χ4v) is 4.03. The van der Waals surface area contributed by atoms with Crippen molar-refractivity contribution in [3.8, 4) is 0 Å². The smallest absolute Gasteiger partial charge is 0.328 e. The van der Waals surface area contributed by atoms with Crippen LogP contribution in [0, 0.1) is 6.92 Å². The Labute approximate surface area is 175 Å². The molecule has 4 heteroatoms. The zero-order chi connectivity index (χ0) is 21.0. The highest BCUT2D eigenvalue weighted by Gasteiger charge is 2.39. The maximum Gasteiger partial charge on any atom is 0.328 e. The number of rotatable bonds is 6. The molecule has 4 rings (SSSR count). The first-order chi connectivity index (χ1) is 14.6. The highest BCUT2D eigenvalue weighted by Crippen LogP contribution is 2.41. The first kappa shape index (κ1) is 19.4. The second-order valence-corrected chi connectivity index (χ2v) is 7.07. The summed E-state index contributed by atoms with van der Waals surface area (Å²) in [6, 6.07) is 30.9. The minimum Gasteiger partial charge on any atom is -0.478 e. The highest BCUT2D eigenvalue weighted by molar-refractivity contribution is 5.85. The van der Waals surface area contributed by atoms with Gasteiger partial charge in [-0.25, -0.2) is 9.78 Å². The number of carboxylic acids is 1. The lowest BCUT2D eigenvalue weighted by Gasteiger charge is -2.38. The first-order valence-corrected chi connectivity index (χ1v) is 9.76. The molecule has 4 aromatic rings. The molecule has 4 nitrogen and oxygen atoms in total. The molecular formula is C26H22N2O2. The summed E-state index contributed by atoms with van der Waals surface area (Å²) >= 11 is 0. The van der Waals surface area contributed by atoms with Gasteiger partial charge in [0.25, 0.3) is 0 Å². The van der Waals surface area contributed by atoms with Gasteiger partial charge in [-0.1, -0.05) is 91.0 Å². The number of nitrogens with zero attached hydrogens (tertiary/aromatic N) is 2. The molecular weight excluding hydrogens is 372 g/mol. The summed E-state index contributed by atoms with van der Waals surface area (Å²) in [5.74, 6) is -0.996. The van der Waals surface area contributed by atoms with Crippen LogP contribution in [-0.2, 0) is 10.3 Å². The Bertz CT molecular complexity index is 1070. The van der Waals surface area contributed by atoms with Crippen molar-refractivity contribution in [3.05, 3.63) is 131 Å². The van der Waals surface area contributed by atoms with Crippen LogP contribution >= 0.6 is 0 Å². The molecule has 0 spiro atoms. The lowest BCUT2D eigenvalue weighted by atomic mass is 9.76. The van der Waals surface area contributed by atoms with Gasteiger partial charge in [0, 0.05) is 11.8 Å². The molecule has 1 aromatic heterocycles. The maximum atomic E-state index is 11.0. The van der Waals surface area contributed by atoms with Crippen LogP contribution in [0.25, 0.3) is 6.08 Å². The second-order valence-electron chi connectivity index (χ2n) is 7.07. The third-order valence-corrected chi connectivity index (χ3v) is 5.36. The molecule has 1 heterocycles. The summed E-state index contributed by atoms with van der Waals surface area (Å²) in [5, 5.41) is 9.04.